The number of hydrogen-bond donors (Lipinski definition) is 1. The van der Waals surface area contributed by atoms with Gasteiger partial charge in [-0.3, -0.25) is 0 Å². The second-order valence-corrected chi connectivity index (χ2v) is 4.23. The SMILES string of the molecule is COC(=O)[C@H]1COC(c2ccc(OCCCO)cc2)=N1. The van der Waals surface area contributed by atoms with E-state index in [0.717, 1.165) is 5.56 Å². The van der Waals surface area contributed by atoms with Crippen molar-refractivity contribution >= 4 is 11.9 Å². The van der Waals surface area contributed by atoms with Crippen LogP contribution in [0.15, 0.2) is 29.3 Å². The highest BCUT2D eigenvalue weighted by Gasteiger charge is 2.27. The Hall–Kier alpha value is -2.08. The van der Waals surface area contributed by atoms with E-state index in [2.05, 4.69) is 9.73 Å². The van der Waals surface area contributed by atoms with Crippen LogP contribution in [0.2, 0.25) is 0 Å². The molecule has 1 aromatic rings. The van der Waals surface area contributed by atoms with Crippen molar-refractivity contribution in [3.8, 4) is 5.75 Å². The first kappa shape index (κ1) is 14.3. The smallest absolute Gasteiger partial charge is 0.334 e. The Labute approximate surface area is 117 Å². The molecule has 0 saturated carbocycles. The van der Waals surface area contributed by atoms with Crippen LogP contribution < -0.4 is 4.74 Å². The van der Waals surface area contributed by atoms with Crippen molar-refractivity contribution in [1.82, 2.24) is 0 Å². The Morgan fingerprint density at radius 1 is 1.45 bits per heavy atom. The fourth-order valence-electron chi connectivity index (χ4n) is 1.74. The number of aliphatic hydroxyl groups is 1. The molecule has 1 atom stereocenters. The van der Waals surface area contributed by atoms with Crippen molar-refractivity contribution in [2.75, 3.05) is 26.9 Å². The van der Waals surface area contributed by atoms with Gasteiger partial charge in [-0.15, -0.1) is 0 Å². The maximum atomic E-state index is 11.3. The van der Waals surface area contributed by atoms with Gasteiger partial charge in [0.2, 0.25) is 5.90 Å². The van der Waals surface area contributed by atoms with Crippen molar-refractivity contribution < 1.29 is 24.1 Å². The van der Waals surface area contributed by atoms with Crippen LogP contribution in [0.1, 0.15) is 12.0 Å². The number of hydrogen-bond acceptors (Lipinski definition) is 6. The third kappa shape index (κ3) is 3.48. The Morgan fingerprint density at radius 3 is 2.85 bits per heavy atom. The number of carbonyl (C=O) groups excluding carboxylic acids is 1. The quantitative estimate of drug-likeness (QED) is 0.614. The Balaban J connectivity index is 1.98. The Bertz CT molecular complexity index is 483. The summed E-state index contributed by atoms with van der Waals surface area (Å²) < 4.78 is 15.4. The van der Waals surface area contributed by atoms with Gasteiger partial charge in [-0.1, -0.05) is 0 Å². The molecule has 6 nitrogen and oxygen atoms in total. The topological polar surface area (TPSA) is 77.4 Å². The number of rotatable bonds is 6. The average molecular weight is 279 g/mol. The van der Waals surface area contributed by atoms with E-state index < -0.39 is 12.0 Å². The zero-order valence-corrected chi connectivity index (χ0v) is 11.2. The number of carbonyl (C=O) groups is 1. The number of esters is 1. The van der Waals surface area contributed by atoms with Crippen LogP contribution in [-0.4, -0.2) is 49.9 Å². The zero-order valence-electron chi connectivity index (χ0n) is 11.2. The van der Waals surface area contributed by atoms with Gasteiger partial charge in [0.15, 0.2) is 6.04 Å². The first-order valence-corrected chi connectivity index (χ1v) is 6.37. The highest BCUT2D eigenvalue weighted by atomic mass is 16.5. The lowest BCUT2D eigenvalue weighted by Gasteiger charge is -2.06. The number of aliphatic hydroxyl groups excluding tert-OH is 1. The van der Waals surface area contributed by atoms with Crippen LogP contribution in [0.5, 0.6) is 5.75 Å². The van der Waals surface area contributed by atoms with E-state index in [-0.39, 0.29) is 13.2 Å². The number of ether oxygens (including phenoxy) is 3. The molecular weight excluding hydrogens is 262 g/mol. The molecule has 0 radical (unpaired) electrons. The van der Waals surface area contributed by atoms with E-state index in [1.54, 1.807) is 12.1 Å². The zero-order chi connectivity index (χ0) is 14.4. The minimum Gasteiger partial charge on any atom is -0.494 e. The summed E-state index contributed by atoms with van der Waals surface area (Å²) in [6, 6.07) is 6.63. The monoisotopic (exact) mass is 279 g/mol. The summed E-state index contributed by atoms with van der Waals surface area (Å²) in [4.78, 5) is 15.5. The van der Waals surface area contributed by atoms with Crippen LogP contribution in [-0.2, 0) is 14.3 Å². The highest BCUT2D eigenvalue weighted by molar-refractivity contribution is 5.97. The lowest BCUT2D eigenvalue weighted by molar-refractivity contribution is -0.142. The van der Waals surface area contributed by atoms with Crippen molar-refractivity contribution in [2.24, 2.45) is 4.99 Å². The third-order valence-corrected chi connectivity index (χ3v) is 2.80. The van der Waals surface area contributed by atoms with E-state index >= 15 is 0 Å². The third-order valence-electron chi connectivity index (χ3n) is 2.80. The molecule has 0 spiro atoms. The van der Waals surface area contributed by atoms with Crippen LogP contribution in [0, 0.1) is 0 Å². The second kappa shape index (κ2) is 6.91. The minimum atomic E-state index is -0.588. The summed E-state index contributed by atoms with van der Waals surface area (Å²) in [6.07, 6.45) is 0.596. The van der Waals surface area contributed by atoms with Gasteiger partial charge < -0.3 is 19.3 Å². The molecule has 0 fully saturated rings. The number of nitrogens with zero attached hydrogens (tertiary/aromatic N) is 1. The van der Waals surface area contributed by atoms with Crippen LogP contribution >= 0.6 is 0 Å². The molecule has 1 N–H and O–H groups in total. The highest BCUT2D eigenvalue weighted by Crippen LogP contribution is 2.17. The van der Waals surface area contributed by atoms with Crippen molar-refractivity contribution in [3.63, 3.8) is 0 Å². The van der Waals surface area contributed by atoms with E-state index in [1.807, 2.05) is 12.1 Å². The second-order valence-electron chi connectivity index (χ2n) is 4.23. The fourth-order valence-corrected chi connectivity index (χ4v) is 1.74. The molecule has 1 aromatic carbocycles. The van der Waals surface area contributed by atoms with Crippen molar-refractivity contribution in [2.45, 2.75) is 12.5 Å². The van der Waals surface area contributed by atoms with Gasteiger partial charge >= 0.3 is 5.97 Å². The molecule has 20 heavy (non-hydrogen) atoms. The van der Waals surface area contributed by atoms with E-state index in [9.17, 15) is 4.79 Å². The number of benzene rings is 1. The maximum Gasteiger partial charge on any atom is 0.334 e. The first-order chi connectivity index (χ1) is 9.74. The minimum absolute atomic E-state index is 0.109. The fraction of sp³-hybridized carbons (Fsp3) is 0.429. The lowest BCUT2D eigenvalue weighted by atomic mass is 10.2. The molecule has 0 bridgehead atoms. The summed E-state index contributed by atoms with van der Waals surface area (Å²) in [5.74, 6) is 0.747. The molecule has 6 heteroatoms. The van der Waals surface area contributed by atoms with E-state index in [1.165, 1.54) is 7.11 Å². The Kier molecular flexibility index (Phi) is 4.95. The van der Waals surface area contributed by atoms with Gasteiger partial charge in [-0.2, -0.15) is 0 Å². The van der Waals surface area contributed by atoms with E-state index in [4.69, 9.17) is 14.6 Å². The van der Waals surface area contributed by atoms with E-state index in [0.29, 0.717) is 24.7 Å². The molecule has 1 aliphatic rings. The number of aliphatic imine (C=N–C) groups is 1. The molecule has 0 aromatic heterocycles. The summed E-state index contributed by atoms with van der Waals surface area (Å²) in [5.41, 5.74) is 0.783. The van der Waals surface area contributed by atoms with Gasteiger partial charge in [0.25, 0.3) is 0 Å². The predicted molar refractivity (Wildman–Crippen MR) is 71.9 cm³/mol. The largest absolute Gasteiger partial charge is 0.494 e. The molecule has 0 amide bonds. The molecular formula is C14H17NO5. The van der Waals surface area contributed by atoms with Gasteiger partial charge in [0.05, 0.1) is 13.7 Å². The molecule has 1 heterocycles. The molecule has 108 valence electrons. The summed E-state index contributed by atoms with van der Waals surface area (Å²) >= 11 is 0. The van der Waals surface area contributed by atoms with Gasteiger partial charge in [-0.05, 0) is 24.3 Å². The molecule has 2 rings (SSSR count). The summed E-state index contributed by atoms with van der Waals surface area (Å²) in [6.45, 7) is 0.784. The standard InChI is InChI=1S/C14H17NO5/c1-18-14(17)12-9-20-13(15-12)10-3-5-11(6-4-10)19-8-2-7-16/h3-6,12,16H,2,7-9H2,1H3/t12-/m1/s1. The van der Waals surface area contributed by atoms with Crippen LogP contribution in [0.4, 0.5) is 0 Å². The molecule has 0 aliphatic carbocycles. The van der Waals surface area contributed by atoms with Gasteiger partial charge in [-0.25, -0.2) is 9.79 Å². The van der Waals surface area contributed by atoms with Gasteiger partial charge in [0, 0.05) is 18.6 Å². The normalized spacial score (nSPS) is 17.3. The first-order valence-electron chi connectivity index (χ1n) is 6.37. The summed E-state index contributed by atoms with van der Waals surface area (Å²) in [7, 11) is 1.33. The molecule has 0 saturated heterocycles. The van der Waals surface area contributed by atoms with Crippen molar-refractivity contribution in [1.29, 1.82) is 0 Å². The molecule has 1 aliphatic heterocycles. The number of methoxy groups -OCH3 is 1. The average Bonchev–Trinajstić information content (AvgIpc) is 2.97. The predicted octanol–water partition coefficient (Wildman–Crippen LogP) is 0.766. The van der Waals surface area contributed by atoms with Gasteiger partial charge in [0.1, 0.15) is 12.4 Å². The van der Waals surface area contributed by atoms with Crippen molar-refractivity contribution in [3.05, 3.63) is 29.8 Å². The Morgan fingerprint density at radius 2 is 2.20 bits per heavy atom. The summed E-state index contributed by atoms with van der Waals surface area (Å²) in [5, 5.41) is 8.67. The van der Waals surface area contributed by atoms with Crippen LogP contribution in [0.25, 0.3) is 0 Å². The lowest BCUT2D eigenvalue weighted by Crippen LogP contribution is -2.21. The van der Waals surface area contributed by atoms with Crippen LogP contribution in [0.3, 0.4) is 0 Å². The molecule has 0 unspecified atom stereocenters. The maximum absolute atomic E-state index is 11.3.